The number of carbonyl (C=O) groups excluding carboxylic acids is 5. The van der Waals surface area contributed by atoms with Gasteiger partial charge in [0.2, 0.25) is 17.7 Å². The number of hydrogen-bond donors (Lipinski definition) is 5. The maximum absolute atomic E-state index is 13.6. The van der Waals surface area contributed by atoms with Gasteiger partial charge in [0.15, 0.2) is 0 Å². The van der Waals surface area contributed by atoms with Crippen molar-refractivity contribution in [3.8, 4) is 17.2 Å². The van der Waals surface area contributed by atoms with Crippen LogP contribution in [0.15, 0.2) is 60.7 Å². The molecule has 270 valence electrons. The van der Waals surface area contributed by atoms with Crippen LogP contribution in [0.1, 0.15) is 98.2 Å². The van der Waals surface area contributed by atoms with E-state index in [4.69, 9.17) is 9.47 Å². The van der Waals surface area contributed by atoms with Crippen molar-refractivity contribution in [1.82, 2.24) is 5.32 Å². The number of esters is 1. The predicted molar refractivity (Wildman–Crippen MR) is 193 cm³/mol. The molecule has 3 amide bonds. The SMILES string of the molecule is COc1ccc(C(CC(=O)NCCC(=O)Nc2ccc(NC(C)=O)cc2)c2c(O)cc3c(c2O)C(=O)O[C@@H](C)CCCC(=O)CCCC=C3)cc1. The summed E-state index contributed by atoms with van der Waals surface area (Å²) in [6.07, 6.45) is 5.61. The second kappa shape index (κ2) is 18.4. The van der Waals surface area contributed by atoms with Crippen LogP contribution in [0.5, 0.6) is 17.2 Å². The molecule has 5 N–H and O–H groups in total. The Hall–Kier alpha value is -5.65. The number of aromatic hydroxyl groups is 2. The summed E-state index contributed by atoms with van der Waals surface area (Å²) in [5, 5.41) is 31.2. The fourth-order valence-electron chi connectivity index (χ4n) is 5.88. The van der Waals surface area contributed by atoms with Crippen LogP contribution in [0.3, 0.4) is 0 Å². The minimum absolute atomic E-state index is 0.00668. The molecular formula is C39H45N3O9. The van der Waals surface area contributed by atoms with Crippen LogP contribution in [-0.4, -0.2) is 59.4 Å². The van der Waals surface area contributed by atoms with E-state index in [1.165, 1.54) is 20.1 Å². The molecule has 0 fully saturated rings. The second-order valence-electron chi connectivity index (χ2n) is 12.5. The molecule has 3 aromatic rings. The molecule has 0 aromatic heterocycles. The Morgan fingerprint density at radius 2 is 1.61 bits per heavy atom. The summed E-state index contributed by atoms with van der Waals surface area (Å²) in [5.41, 5.74) is 1.73. The number of nitrogens with one attached hydrogen (secondary N) is 3. The standard InChI is InChI=1S/C39H45N3O9/c1-24-8-7-11-30(44)10-6-4-5-9-27-22-33(45)37(38(48)36(27)39(49)51-24)32(26-12-18-31(50-3)19-13-26)23-35(47)40-21-20-34(46)42-29-16-14-28(15-17-29)41-25(2)43/h5,9,12-19,22,24,32,45,48H,4,6-8,10-11,20-21,23H2,1-3H3,(H,40,47)(H,41,43)(H,42,46)/t24-,32?/m0/s1. The van der Waals surface area contributed by atoms with Crippen molar-refractivity contribution in [2.45, 2.75) is 77.2 Å². The van der Waals surface area contributed by atoms with E-state index in [1.54, 1.807) is 67.6 Å². The van der Waals surface area contributed by atoms with Crippen LogP contribution in [0.2, 0.25) is 0 Å². The minimum Gasteiger partial charge on any atom is -0.507 e. The maximum atomic E-state index is 13.6. The number of amides is 3. The van der Waals surface area contributed by atoms with Gasteiger partial charge in [0, 0.05) is 62.0 Å². The van der Waals surface area contributed by atoms with Crippen molar-refractivity contribution in [2.24, 2.45) is 0 Å². The highest BCUT2D eigenvalue weighted by Crippen LogP contribution is 2.44. The molecular weight excluding hydrogens is 654 g/mol. The smallest absolute Gasteiger partial charge is 0.342 e. The summed E-state index contributed by atoms with van der Waals surface area (Å²) in [6, 6.07) is 14.7. The Kier molecular flexibility index (Phi) is 13.7. The normalized spacial score (nSPS) is 15.8. The first-order valence-corrected chi connectivity index (χ1v) is 17.0. The largest absolute Gasteiger partial charge is 0.507 e. The van der Waals surface area contributed by atoms with Crippen LogP contribution in [0.4, 0.5) is 11.4 Å². The van der Waals surface area contributed by atoms with Gasteiger partial charge in [-0.3, -0.25) is 19.2 Å². The summed E-state index contributed by atoms with van der Waals surface area (Å²) < 4.78 is 11.0. The molecule has 1 heterocycles. The molecule has 0 aliphatic carbocycles. The highest BCUT2D eigenvalue weighted by atomic mass is 16.5. The van der Waals surface area contributed by atoms with Gasteiger partial charge in [-0.05, 0) is 86.2 Å². The van der Waals surface area contributed by atoms with E-state index in [1.807, 2.05) is 0 Å². The monoisotopic (exact) mass is 699 g/mol. The molecule has 12 heteroatoms. The molecule has 1 unspecified atom stereocenters. The van der Waals surface area contributed by atoms with E-state index in [-0.39, 0.29) is 59.4 Å². The second-order valence-corrected chi connectivity index (χ2v) is 12.5. The molecule has 12 nitrogen and oxygen atoms in total. The molecule has 0 saturated heterocycles. The number of allylic oxidation sites excluding steroid dienone is 1. The quantitative estimate of drug-likeness (QED) is 0.154. The lowest BCUT2D eigenvalue weighted by Crippen LogP contribution is -2.29. The molecule has 0 spiro atoms. The molecule has 1 aliphatic rings. The molecule has 4 rings (SSSR count). The topological polar surface area (TPSA) is 180 Å². The Balaban J connectivity index is 1.57. The third-order valence-electron chi connectivity index (χ3n) is 8.47. The number of ether oxygens (including phenoxy) is 2. The van der Waals surface area contributed by atoms with Gasteiger partial charge in [0.05, 0.1) is 13.2 Å². The highest BCUT2D eigenvalue weighted by Gasteiger charge is 2.31. The number of carbonyl (C=O) groups is 5. The number of ketones is 1. The number of rotatable bonds is 10. The first-order chi connectivity index (χ1) is 24.4. The lowest BCUT2D eigenvalue weighted by Gasteiger charge is -2.23. The van der Waals surface area contributed by atoms with Crippen molar-refractivity contribution in [1.29, 1.82) is 0 Å². The Bertz CT molecular complexity index is 1750. The molecule has 1 aliphatic heterocycles. The van der Waals surface area contributed by atoms with Gasteiger partial charge in [-0.25, -0.2) is 4.79 Å². The number of Topliss-reactive ketones (excluding diaryl/α,β-unsaturated/α-hetero) is 1. The average Bonchev–Trinajstić information content (AvgIpc) is 3.07. The van der Waals surface area contributed by atoms with Gasteiger partial charge >= 0.3 is 5.97 Å². The number of cyclic esters (lactones) is 1. The van der Waals surface area contributed by atoms with E-state index in [0.717, 1.165) is 0 Å². The number of methoxy groups -OCH3 is 1. The Labute approximate surface area is 297 Å². The lowest BCUT2D eigenvalue weighted by molar-refractivity contribution is -0.122. The zero-order chi connectivity index (χ0) is 36.9. The summed E-state index contributed by atoms with van der Waals surface area (Å²) in [5.74, 6) is -2.85. The van der Waals surface area contributed by atoms with Crippen LogP contribution < -0.4 is 20.7 Å². The first-order valence-electron chi connectivity index (χ1n) is 17.0. The van der Waals surface area contributed by atoms with Gasteiger partial charge in [0.1, 0.15) is 28.6 Å². The predicted octanol–water partition coefficient (Wildman–Crippen LogP) is 6.21. The first kappa shape index (κ1) is 38.2. The van der Waals surface area contributed by atoms with Gasteiger partial charge in [-0.1, -0.05) is 24.3 Å². The zero-order valence-electron chi connectivity index (χ0n) is 29.1. The van der Waals surface area contributed by atoms with Crippen molar-refractivity contribution in [2.75, 3.05) is 24.3 Å². The average molecular weight is 700 g/mol. The highest BCUT2D eigenvalue weighted by molar-refractivity contribution is 5.98. The van der Waals surface area contributed by atoms with Crippen molar-refractivity contribution >= 4 is 46.9 Å². The summed E-state index contributed by atoms with van der Waals surface area (Å²) >= 11 is 0. The zero-order valence-corrected chi connectivity index (χ0v) is 29.1. The fourth-order valence-corrected chi connectivity index (χ4v) is 5.88. The van der Waals surface area contributed by atoms with Gasteiger partial charge in [-0.15, -0.1) is 0 Å². The van der Waals surface area contributed by atoms with E-state index >= 15 is 0 Å². The molecule has 0 saturated carbocycles. The molecule has 0 bridgehead atoms. The fraction of sp³-hybridized carbons (Fsp3) is 0.359. The lowest BCUT2D eigenvalue weighted by atomic mass is 9.84. The van der Waals surface area contributed by atoms with Crippen molar-refractivity contribution in [3.63, 3.8) is 0 Å². The maximum Gasteiger partial charge on any atom is 0.342 e. The minimum atomic E-state index is -0.912. The Morgan fingerprint density at radius 3 is 2.27 bits per heavy atom. The summed E-state index contributed by atoms with van der Waals surface area (Å²) in [4.78, 5) is 62.9. The molecule has 2 atom stereocenters. The van der Waals surface area contributed by atoms with Crippen LogP contribution in [-0.2, 0) is 23.9 Å². The van der Waals surface area contributed by atoms with E-state index in [2.05, 4.69) is 16.0 Å². The van der Waals surface area contributed by atoms with E-state index in [9.17, 15) is 34.2 Å². The van der Waals surface area contributed by atoms with E-state index < -0.39 is 29.6 Å². The van der Waals surface area contributed by atoms with Crippen molar-refractivity contribution < 1.29 is 43.7 Å². The number of phenolic OH excluding ortho intramolecular Hbond substituents is 2. The molecule has 0 radical (unpaired) electrons. The Morgan fingerprint density at radius 1 is 0.941 bits per heavy atom. The number of anilines is 2. The van der Waals surface area contributed by atoms with Crippen LogP contribution in [0.25, 0.3) is 6.08 Å². The third-order valence-corrected chi connectivity index (χ3v) is 8.47. The van der Waals surface area contributed by atoms with Crippen molar-refractivity contribution in [3.05, 3.63) is 82.9 Å². The number of fused-ring (bicyclic) bond motifs is 1. The summed E-state index contributed by atoms with van der Waals surface area (Å²) in [6.45, 7) is 3.12. The van der Waals surface area contributed by atoms with Gasteiger partial charge in [0.25, 0.3) is 0 Å². The number of phenols is 2. The molecule has 51 heavy (non-hydrogen) atoms. The number of hydrogen-bond acceptors (Lipinski definition) is 9. The van der Waals surface area contributed by atoms with Gasteiger partial charge < -0.3 is 35.6 Å². The molecule has 3 aromatic carbocycles. The van der Waals surface area contributed by atoms with Gasteiger partial charge in [-0.2, -0.15) is 0 Å². The summed E-state index contributed by atoms with van der Waals surface area (Å²) in [7, 11) is 1.51. The number of benzene rings is 3. The van der Waals surface area contributed by atoms with Crippen LogP contribution >= 0.6 is 0 Å². The van der Waals surface area contributed by atoms with E-state index in [0.29, 0.717) is 61.2 Å². The third kappa shape index (κ3) is 11.2. The van der Waals surface area contributed by atoms with Crippen LogP contribution in [0, 0.1) is 0 Å².